The van der Waals surface area contributed by atoms with Gasteiger partial charge in [0.2, 0.25) is 0 Å². The Balaban J connectivity index is 2.02. The van der Waals surface area contributed by atoms with E-state index in [1.165, 1.54) is 6.20 Å². The average Bonchev–Trinajstić information content (AvgIpc) is 2.99. The molecule has 0 spiro atoms. The second-order valence-electron chi connectivity index (χ2n) is 8.31. The van der Waals surface area contributed by atoms with Crippen LogP contribution in [0, 0.1) is 6.92 Å². The van der Waals surface area contributed by atoms with Crippen molar-refractivity contribution in [3.05, 3.63) is 32.6 Å². The predicted molar refractivity (Wildman–Crippen MR) is 114 cm³/mol. The summed E-state index contributed by atoms with van der Waals surface area (Å²) in [6, 6.07) is 0. The van der Waals surface area contributed by atoms with Gasteiger partial charge in [0.1, 0.15) is 18.3 Å². The Morgan fingerprint density at radius 2 is 1.90 bits per heavy atom. The van der Waals surface area contributed by atoms with E-state index in [1.807, 2.05) is 28.2 Å². The summed E-state index contributed by atoms with van der Waals surface area (Å²) in [4.78, 5) is 30.4. The number of aryl methyl sites for hydroxylation is 1. The first kappa shape index (κ1) is 25.7. The summed E-state index contributed by atoms with van der Waals surface area (Å²) in [7, 11) is 8.10. The molecule has 11 nitrogen and oxygen atoms in total. The van der Waals surface area contributed by atoms with Crippen LogP contribution in [0.25, 0.3) is 0 Å². The lowest BCUT2D eigenvalue weighted by Crippen LogP contribution is -2.42. The molecular weight excluding hydrogens is 408 g/mol. The van der Waals surface area contributed by atoms with E-state index in [0.29, 0.717) is 12.2 Å². The highest BCUT2D eigenvalue weighted by molar-refractivity contribution is 5.03. The number of nitrogens with zero attached hydrogens (tertiary/aromatic N) is 3. The minimum Gasteiger partial charge on any atom is -0.394 e. The quantitative estimate of drug-likeness (QED) is 0.293. The number of aromatic nitrogens is 2. The molecule has 1 saturated heterocycles. The molecule has 3 N–H and O–H groups in total. The smallest absolute Gasteiger partial charge is 0.330 e. The van der Waals surface area contributed by atoms with Gasteiger partial charge in [-0.3, -0.25) is 24.1 Å². The minimum absolute atomic E-state index is 0.287. The fourth-order valence-corrected chi connectivity index (χ4v) is 3.77. The van der Waals surface area contributed by atoms with Crippen LogP contribution in [0.3, 0.4) is 0 Å². The van der Waals surface area contributed by atoms with Crippen LogP contribution in [0.1, 0.15) is 31.6 Å². The summed E-state index contributed by atoms with van der Waals surface area (Å²) < 4.78 is 18.4. The highest BCUT2D eigenvalue weighted by atomic mass is 16.7. The van der Waals surface area contributed by atoms with Gasteiger partial charge in [0, 0.05) is 18.4 Å². The summed E-state index contributed by atoms with van der Waals surface area (Å²) in [5.74, 6) is 0. The molecular formula is C20H36N4O7. The molecule has 31 heavy (non-hydrogen) atoms. The van der Waals surface area contributed by atoms with E-state index in [9.17, 15) is 19.8 Å². The first-order valence-electron chi connectivity index (χ1n) is 10.4. The van der Waals surface area contributed by atoms with Crippen molar-refractivity contribution in [3.63, 3.8) is 0 Å². The molecule has 3 unspecified atom stereocenters. The van der Waals surface area contributed by atoms with E-state index in [4.69, 9.17) is 14.2 Å². The van der Waals surface area contributed by atoms with Gasteiger partial charge in [-0.05, 0) is 54.9 Å². The largest absolute Gasteiger partial charge is 0.394 e. The van der Waals surface area contributed by atoms with Crippen molar-refractivity contribution in [1.29, 1.82) is 0 Å². The molecule has 1 fully saturated rings. The van der Waals surface area contributed by atoms with Gasteiger partial charge in [-0.25, -0.2) is 4.79 Å². The number of aliphatic hydroxyl groups excluding tert-OH is 2. The highest BCUT2D eigenvalue weighted by Gasteiger charge is 2.46. The molecule has 2 heterocycles. The highest BCUT2D eigenvalue weighted by Crippen LogP contribution is 2.31. The molecule has 1 aliphatic rings. The van der Waals surface area contributed by atoms with Crippen molar-refractivity contribution in [3.8, 4) is 0 Å². The van der Waals surface area contributed by atoms with E-state index in [0.717, 1.165) is 17.4 Å². The van der Waals surface area contributed by atoms with Crippen LogP contribution in [0.5, 0.6) is 0 Å². The van der Waals surface area contributed by atoms with Crippen LogP contribution in [0.4, 0.5) is 0 Å². The number of hydrogen-bond acceptors (Lipinski definition) is 9. The van der Waals surface area contributed by atoms with Gasteiger partial charge in [-0.15, -0.1) is 0 Å². The fourth-order valence-electron chi connectivity index (χ4n) is 3.77. The zero-order valence-electron chi connectivity index (χ0n) is 19.1. The molecule has 0 aromatic carbocycles. The van der Waals surface area contributed by atoms with Crippen molar-refractivity contribution < 1.29 is 24.4 Å². The third kappa shape index (κ3) is 6.45. The summed E-state index contributed by atoms with van der Waals surface area (Å²) in [6.07, 6.45) is -1.42. The average molecular weight is 445 g/mol. The number of ether oxygens (including phenoxy) is 3. The number of hydrogen-bond donors (Lipinski definition) is 3. The zero-order chi connectivity index (χ0) is 23.3. The lowest BCUT2D eigenvalue weighted by molar-refractivity contribution is -0.194. The van der Waals surface area contributed by atoms with E-state index in [1.54, 1.807) is 13.8 Å². The topological polar surface area (TPSA) is 129 Å². The summed E-state index contributed by atoms with van der Waals surface area (Å²) in [5, 5.41) is 20.1. The van der Waals surface area contributed by atoms with E-state index < -0.39 is 48.7 Å². The number of H-pyrrole nitrogens is 1. The number of aromatic amines is 1. The SMILES string of the molecule is Cc1cn([C@H]2O[C@@H](CO)C(O)C2OC(C)OCCCC(N(C)C)N(C)C)c(=O)[nH]c1=O. The maximum Gasteiger partial charge on any atom is 0.330 e. The third-order valence-electron chi connectivity index (χ3n) is 5.41. The second kappa shape index (κ2) is 11.3. The van der Waals surface area contributed by atoms with Gasteiger partial charge >= 0.3 is 5.69 Å². The summed E-state index contributed by atoms with van der Waals surface area (Å²) in [6.45, 7) is 3.27. The molecule has 178 valence electrons. The predicted octanol–water partition coefficient (Wildman–Crippen LogP) is -0.927. The van der Waals surface area contributed by atoms with Gasteiger partial charge in [0.25, 0.3) is 5.56 Å². The maximum absolute atomic E-state index is 12.3. The van der Waals surface area contributed by atoms with Crippen molar-refractivity contribution in [2.45, 2.75) is 63.7 Å². The van der Waals surface area contributed by atoms with E-state index in [-0.39, 0.29) is 6.17 Å². The van der Waals surface area contributed by atoms with Crippen LogP contribution in [-0.2, 0) is 14.2 Å². The summed E-state index contributed by atoms with van der Waals surface area (Å²) >= 11 is 0. The Labute approximate surface area is 182 Å². The van der Waals surface area contributed by atoms with E-state index >= 15 is 0 Å². The van der Waals surface area contributed by atoms with Crippen molar-refractivity contribution in [2.75, 3.05) is 41.4 Å². The Bertz CT molecular complexity index is 801. The Hall–Kier alpha value is -1.60. The van der Waals surface area contributed by atoms with Crippen molar-refractivity contribution in [1.82, 2.24) is 19.4 Å². The van der Waals surface area contributed by atoms with Gasteiger partial charge in [0.05, 0.1) is 12.8 Å². The van der Waals surface area contributed by atoms with Crippen LogP contribution in [-0.4, -0.2) is 102 Å². The lowest BCUT2D eigenvalue weighted by atomic mass is 10.1. The molecule has 1 aromatic heterocycles. The normalized spacial score (nSPS) is 25.1. The third-order valence-corrected chi connectivity index (χ3v) is 5.41. The molecule has 11 heteroatoms. The number of rotatable bonds is 11. The first-order chi connectivity index (χ1) is 14.6. The molecule has 1 aliphatic heterocycles. The fraction of sp³-hybridized carbons (Fsp3) is 0.800. The monoisotopic (exact) mass is 444 g/mol. The Morgan fingerprint density at radius 3 is 2.48 bits per heavy atom. The first-order valence-corrected chi connectivity index (χ1v) is 10.4. The Morgan fingerprint density at radius 1 is 1.26 bits per heavy atom. The van der Waals surface area contributed by atoms with Gasteiger partial charge < -0.3 is 24.4 Å². The van der Waals surface area contributed by atoms with Crippen LogP contribution in [0.2, 0.25) is 0 Å². The number of aliphatic hydroxyl groups is 2. The molecule has 2 rings (SSSR count). The van der Waals surface area contributed by atoms with Gasteiger partial charge in [-0.1, -0.05) is 0 Å². The molecule has 0 aliphatic carbocycles. The van der Waals surface area contributed by atoms with Crippen LogP contribution >= 0.6 is 0 Å². The van der Waals surface area contributed by atoms with Crippen LogP contribution < -0.4 is 11.2 Å². The molecule has 5 atom stereocenters. The van der Waals surface area contributed by atoms with Crippen molar-refractivity contribution in [2.24, 2.45) is 0 Å². The minimum atomic E-state index is -1.17. The standard InChI is InChI=1S/C20H36N4O7/c1-12-10-24(20(28)21-18(12)27)19-17(16(26)14(11-25)31-19)30-13(2)29-9-7-8-15(22(3)4)23(5)6/h10,13-17,19,25-26H,7-9,11H2,1-6H3,(H,21,27,28)/t13?,14-,16?,17?,19-/m0/s1. The lowest BCUT2D eigenvalue weighted by Gasteiger charge is -2.30. The van der Waals surface area contributed by atoms with Gasteiger partial charge in [0.15, 0.2) is 12.5 Å². The maximum atomic E-state index is 12.3. The second-order valence-corrected chi connectivity index (χ2v) is 8.31. The van der Waals surface area contributed by atoms with Crippen LogP contribution in [0.15, 0.2) is 15.8 Å². The molecule has 0 saturated carbocycles. The van der Waals surface area contributed by atoms with E-state index in [2.05, 4.69) is 14.8 Å². The molecule has 1 aromatic rings. The molecule has 0 bridgehead atoms. The van der Waals surface area contributed by atoms with Crippen molar-refractivity contribution >= 4 is 0 Å². The van der Waals surface area contributed by atoms with Gasteiger partial charge in [-0.2, -0.15) is 0 Å². The molecule has 0 radical (unpaired) electrons. The zero-order valence-corrected chi connectivity index (χ0v) is 19.1. The molecule has 0 amide bonds. The number of nitrogens with one attached hydrogen (secondary N) is 1. The summed E-state index contributed by atoms with van der Waals surface area (Å²) in [5.41, 5.74) is -0.877. The Kier molecular flexibility index (Phi) is 9.37.